The van der Waals surface area contributed by atoms with Gasteiger partial charge in [-0.25, -0.2) is 4.79 Å². The van der Waals surface area contributed by atoms with Crippen LogP contribution in [0.2, 0.25) is 12.1 Å². The van der Waals surface area contributed by atoms with Crippen LogP contribution in [-0.4, -0.2) is 21.1 Å². The SMILES string of the molecule is C=CC(=O)OCC[Si](CC)(OCc1ccccc1)OCc1ccccc1. The fraction of sp³-hybridized carbons (Fsp3) is 0.286. The van der Waals surface area contributed by atoms with Gasteiger partial charge in [-0.1, -0.05) is 74.2 Å². The average Bonchev–Trinajstić information content (AvgIpc) is 2.71. The molecule has 26 heavy (non-hydrogen) atoms. The first kappa shape index (κ1) is 20.1. The van der Waals surface area contributed by atoms with Crippen LogP contribution in [0.25, 0.3) is 0 Å². The number of hydrogen-bond donors (Lipinski definition) is 0. The predicted molar refractivity (Wildman–Crippen MR) is 105 cm³/mol. The van der Waals surface area contributed by atoms with E-state index in [1.165, 1.54) is 6.08 Å². The van der Waals surface area contributed by atoms with Gasteiger partial charge in [-0.15, -0.1) is 0 Å². The van der Waals surface area contributed by atoms with Crippen molar-refractivity contribution in [2.24, 2.45) is 0 Å². The lowest BCUT2D eigenvalue weighted by molar-refractivity contribution is -0.137. The highest BCUT2D eigenvalue weighted by molar-refractivity contribution is 6.67. The van der Waals surface area contributed by atoms with E-state index in [9.17, 15) is 4.79 Å². The molecule has 0 saturated heterocycles. The van der Waals surface area contributed by atoms with Gasteiger partial charge in [-0.05, 0) is 17.2 Å². The fourth-order valence-corrected chi connectivity index (χ4v) is 4.92. The van der Waals surface area contributed by atoms with Crippen molar-refractivity contribution in [2.75, 3.05) is 6.61 Å². The molecule has 0 aliphatic rings. The minimum atomic E-state index is -2.53. The summed E-state index contributed by atoms with van der Waals surface area (Å²) in [6.45, 7) is 6.74. The summed E-state index contributed by atoms with van der Waals surface area (Å²) in [5, 5.41) is 0. The van der Waals surface area contributed by atoms with Gasteiger partial charge in [0, 0.05) is 12.1 Å². The smallest absolute Gasteiger partial charge is 0.341 e. The molecule has 0 amide bonds. The van der Waals surface area contributed by atoms with E-state index in [2.05, 4.69) is 13.5 Å². The molecule has 0 aromatic heterocycles. The van der Waals surface area contributed by atoms with Crippen LogP contribution in [0.1, 0.15) is 18.1 Å². The Bertz CT molecular complexity index is 629. The van der Waals surface area contributed by atoms with Crippen LogP contribution in [0.15, 0.2) is 73.3 Å². The highest BCUT2D eigenvalue weighted by Crippen LogP contribution is 2.23. The van der Waals surface area contributed by atoms with Crippen molar-refractivity contribution in [1.82, 2.24) is 0 Å². The zero-order chi connectivity index (χ0) is 18.7. The molecule has 0 aliphatic heterocycles. The van der Waals surface area contributed by atoms with Crippen LogP contribution in [-0.2, 0) is 31.6 Å². The summed E-state index contributed by atoms with van der Waals surface area (Å²) in [4.78, 5) is 11.3. The van der Waals surface area contributed by atoms with Gasteiger partial charge in [-0.3, -0.25) is 0 Å². The van der Waals surface area contributed by atoms with Gasteiger partial charge >= 0.3 is 14.5 Å². The van der Waals surface area contributed by atoms with Gasteiger partial charge in [-0.2, -0.15) is 0 Å². The van der Waals surface area contributed by atoms with Crippen LogP contribution in [0.5, 0.6) is 0 Å². The molecule has 2 aromatic rings. The van der Waals surface area contributed by atoms with Crippen molar-refractivity contribution >= 4 is 14.5 Å². The number of carbonyl (C=O) groups is 1. The van der Waals surface area contributed by atoms with Crippen molar-refractivity contribution in [3.63, 3.8) is 0 Å². The maximum Gasteiger partial charge on any atom is 0.341 e. The largest absolute Gasteiger partial charge is 0.463 e. The molecule has 0 aliphatic carbocycles. The number of benzene rings is 2. The lowest BCUT2D eigenvalue weighted by Crippen LogP contribution is -2.42. The maximum atomic E-state index is 11.3. The summed E-state index contributed by atoms with van der Waals surface area (Å²) in [7, 11) is -2.53. The van der Waals surface area contributed by atoms with E-state index < -0.39 is 14.5 Å². The monoisotopic (exact) mass is 370 g/mol. The molecule has 0 unspecified atom stereocenters. The Kier molecular flexibility index (Phi) is 8.28. The van der Waals surface area contributed by atoms with Crippen molar-refractivity contribution in [3.05, 3.63) is 84.4 Å². The first-order chi connectivity index (χ1) is 12.7. The van der Waals surface area contributed by atoms with Gasteiger partial charge < -0.3 is 13.6 Å². The van der Waals surface area contributed by atoms with E-state index in [1.807, 2.05) is 60.7 Å². The normalized spacial score (nSPS) is 11.1. The molecule has 0 spiro atoms. The van der Waals surface area contributed by atoms with Crippen LogP contribution in [0.3, 0.4) is 0 Å². The van der Waals surface area contributed by atoms with Gasteiger partial charge in [0.25, 0.3) is 0 Å². The second kappa shape index (κ2) is 10.7. The van der Waals surface area contributed by atoms with E-state index in [0.29, 0.717) is 19.3 Å². The summed E-state index contributed by atoms with van der Waals surface area (Å²) in [6.07, 6.45) is 1.17. The minimum Gasteiger partial charge on any atom is -0.463 e. The zero-order valence-electron chi connectivity index (χ0n) is 15.2. The van der Waals surface area contributed by atoms with Gasteiger partial charge in [0.2, 0.25) is 0 Å². The lowest BCUT2D eigenvalue weighted by Gasteiger charge is -2.30. The summed E-state index contributed by atoms with van der Waals surface area (Å²) < 4.78 is 17.8. The minimum absolute atomic E-state index is 0.272. The van der Waals surface area contributed by atoms with E-state index in [4.69, 9.17) is 13.6 Å². The summed E-state index contributed by atoms with van der Waals surface area (Å²) in [5.41, 5.74) is 2.20. The zero-order valence-corrected chi connectivity index (χ0v) is 16.2. The average molecular weight is 371 g/mol. The predicted octanol–water partition coefficient (Wildman–Crippen LogP) is 4.61. The molecule has 4 nitrogen and oxygen atoms in total. The molecular formula is C21H26O4Si. The number of hydrogen-bond acceptors (Lipinski definition) is 4. The Labute approximate surface area is 156 Å². The Morgan fingerprint density at radius 1 is 0.962 bits per heavy atom. The molecule has 5 heteroatoms. The fourth-order valence-electron chi connectivity index (χ4n) is 2.51. The number of carbonyl (C=O) groups excluding carboxylic acids is 1. The van der Waals surface area contributed by atoms with E-state index in [-0.39, 0.29) is 6.61 Å². The van der Waals surface area contributed by atoms with Crippen LogP contribution < -0.4 is 0 Å². The third-order valence-electron chi connectivity index (χ3n) is 4.12. The third kappa shape index (κ3) is 6.59. The molecular weight excluding hydrogens is 344 g/mol. The van der Waals surface area contributed by atoms with Gasteiger partial charge in [0.1, 0.15) is 0 Å². The number of esters is 1. The molecule has 0 atom stereocenters. The van der Waals surface area contributed by atoms with Crippen molar-refractivity contribution in [1.29, 1.82) is 0 Å². The van der Waals surface area contributed by atoms with E-state index in [0.717, 1.165) is 17.2 Å². The lowest BCUT2D eigenvalue weighted by atomic mass is 10.2. The number of ether oxygens (including phenoxy) is 1. The maximum absolute atomic E-state index is 11.3. The van der Waals surface area contributed by atoms with Crippen molar-refractivity contribution < 1.29 is 18.4 Å². The second-order valence-corrected chi connectivity index (χ2v) is 9.54. The highest BCUT2D eigenvalue weighted by Gasteiger charge is 2.36. The standard InChI is InChI=1S/C21H26O4Si/c1-3-21(22)23-15-16-26(4-2,24-17-19-11-7-5-8-12-19)25-18-20-13-9-6-10-14-20/h3,5-14H,1,4,15-18H2,2H3. The Hall–Kier alpha value is -2.21. The molecule has 0 saturated carbocycles. The highest BCUT2D eigenvalue weighted by atomic mass is 28.4. The molecule has 0 heterocycles. The molecule has 2 aromatic carbocycles. The van der Waals surface area contributed by atoms with Crippen molar-refractivity contribution in [2.45, 2.75) is 32.2 Å². The van der Waals surface area contributed by atoms with Gasteiger partial charge in [0.15, 0.2) is 0 Å². The molecule has 0 N–H and O–H groups in total. The second-order valence-electron chi connectivity index (χ2n) is 5.93. The number of rotatable bonds is 11. The molecule has 0 radical (unpaired) electrons. The van der Waals surface area contributed by atoms with Crippen LogP contribution in [0.4, 0.5) is 0 Å². The van der Waals surface area contributed by atoms with Crippen molar-refractivity contribution in [3.8, 4) is 0 Å². The summed E-state index contributed by atoms with van der Waals surface area (Å²) in [6, 6.07) is 21.4. The Morgan fingerprint density at radius 3 is 1.88 bits per heavy atom. The Morgan fingerprint density at radius 2 is 1.46 bits per heavy atom. The summed E-state index contributed by atoms with van der Waals surface area (Å²) >= 11 is 0. The van der Waals surface area contributed by atoms with Crippen LogP contribution in [0, 0.1) is 0 Å². The van der Waals surface area contributed by atoms with E-state index >= 15 is 0 Å². The topological polar surface area (TPSA) is 44.8 Å². The Balaban J connectivity index is 2.03. The molecule has 0 fully saturated rings. The molecule has 0 bridgehead atoms. The summed E-state index contributed by atoms with van der Waals surface area (Å²) in [5.74, 6) is -0.421. The van der Waals surface area contributed by atoms with Gasteiger partial charge in [0.05, 0.1) is 19.8 Å². The first-order valence-electron chi connectivity index (χ1n) is 8.82. The molecule has 138 valence electrons. The first-order valence-corrected chi connectivity index (χ1v) is 11.1. The van der Waals surface area contributed by atoms with Crippen LogP contribution >= 0.6 is 0 Å². The van der Waals surface area contributed by atoms with E-state index in [1.54, 1.807) is 0 Å². The quantitative estimate of drug-likeness (QED) is 0.329. The third-order valence-corrected chi connectivity index (χ3v) is 7.51. The molecule has 2 rings (SSSR count).